The maximum absolute atomic E-state index is 13.3. The number of halogens is 2. The quantitative estimate of drug-likeness (QED) is 0.792. The number of aryl methyl sites for hydroxylation is 2. The third kappa shape index (κ3) is 3.07. The Kier molecular flexibility index (Phi) is 4.23. The molecular weight excluding hydrogens is 321 g/mol. The minimum absolute atomic E-state index is 0.249. The van der Waals surface area contributed by atoms with Gasteiger partial charge >= 0.3 is 0 Å². The average Bonchev–Trinajstić information content (AvgIpc) is 2.38. The monoisotopic (exact) mass is 335 g/mol. The number of hydrogen-bond donors (Lipinski definition) is 0. The molecule has 0 saturated carbocycles. The Labute approximate surface area is 126 Å². The Morgan fingerprint density at radius 3 is 2.30 bits per heavy atom. The van der Waals surface area contributed by atoms with Gasteiger partial charge in [-0.1, -0.05) is 6.07 Å². The molecule has 0 saturated heterocycles. The van der Waals surface area contributed by atoms with Crippen molar-refractivity contribution in [3.63, 3.8) is 0 Å². The van der Waals surface area contributed by atoms with Crippen molar-refractivity contribution < 1.29 is 9.18 Å². The average molecular weight is 336 g/mol. The number of hydrogen-bond acceptors (Lipinski definition) is 1. The fourth-order valence-corrected chi connectivity index (χ4v) is 2.52. The number of rotatable bonds is 2. The van der Waals surface area contributed by atoms with E-state index in [1.54, 1.807) is 7.05 Å². The zero-order valence-electron chi connectivity index (χ0n) is 11.6. The van der Waals surface area contributed by atoms with E-state index in [2.05, 4.69) is 15.9 Å². The normalized spacial score (nSPS) is 10.4. The van der Waals surface area contributed by atoms with Gasteiger partial charge in [0.15, 0.2) is 0 Å². The first kappa shape index (κ1) is 14.7. The molecule has 2 nitrogen and oxygen atoms in total. The van der Waals surface area contributed by atoms with Crippen molar-refractivity contribution in [3.8, 4) is 0 Å². The molecule has 104 valence electrons. The van der Waals surface area contributed by atoms with Crippen molar-refractivity contribution in [2.75, 3.05) is 11.9 Å². The summed E-state index contributed by atoms with van der Waals surface area (Å²) in [5, 5.41) is 0. The van der Waals surface area contributed by atoms with Crippen LogP contribution in [0.15, 0.2) is 40.9 Å². The maximum atomic E-state index is 13.3. The summed E-state index contributed by atoms with van der Waals surface area (Å²) in [6.07, 6.45) is 0. The molecule has 2 aromatic rings. The third-order valence-electron chi connectivity index (χ3n) is 3.06. The molecule has 4 heteroatoms. The van der Waals surface area contributed by atoms with Crippen LogP contribution in [0.5, 0.6) is 0 Å². The summed E-state index contributed by atoms with van der Waals surface area (Å²) in [5.41, 5.74) is 3.27. The highest BCUT2D eigenvalue weighted by Gasteiger charge is 2.17. The molecule has 0 radical (unpaired) electrons. The fraction of sp³-hybridized carbons (Fsp3) is 0.188. The van der Waals surface area contributed by atoms with Crippen LogP contribution in [-0.2, 0) is 0 Å². The summed E-state index contributed by atoms with van der Waals surface area (Å²) in [6, 6.07) is 10.00. The summed E-state index contributed by atoms with van der Waals surface area (Å²) in [6.45, 7) is 3.96. The fourth-order valence-electron chi connectivity index (χ4n) is 2.10. The van der Waals surface area contributed by atoms with Gasteiger partial charge < -0.3 is 4.90 Å². The number of anilines is 1. The standard InChI is InChI=1S/C16H15BrFNO/c1-10-6-11(2)8-13(7-10)19(3)16(20)14-9-12(18)4-5-15(14)17/h4-9H,1-3H3. The van der Waals surface area contributed by atoms with Gasteiger partial charge in [-0.05, 0) is 71.2 Å². The van der Waals surface area contributed by atoms with Crippen LogP contribution in [0.4, 0.5) is 10.1 Å². The lowest BCUT2D eigenvalue weighted by Gasteiger charge is -2.19. The molecule has 0 aromatic heterocycles. The minimum Gasteiger partial charge on any atom is -0.311 e. The van der Waals surface area contributed by atoms with Gasteiger partial charge in [-0.2, -0.15) is 0 Å². The largest absolute Gasteiger partial charge is 0.311 e. The second kappa shape index (κ2) is 5.75. The Bertz CT molecular complexity index is 649. The zero-order chi connectivity index (χ0) is 14.9. The third-order valence-corrected chi connectivity index (χ3v) is 3.75. The van der Waals surface area contributed by atoms with Gasteiger partial charge in [0.05, 0.1) is 5.56 Å². The lowest BCUT2D eigenvalue weighted by molar-refractivity contribution is 0.0992. The Morgan fingerprint density at radius 1 is 1.10 bits per heavy atom. The lowest BCUT2D eigenvalue weighted by atomic mass is 10.1. The van der Waals surface area contributed by atoms with E-state index in [0.29, 0.717) is 10.0 Å². The van der Waals surface area contributed by atoms with Crippen LogP contribution in [0.1, 0.15) is 21.5 Å². The number of carbonyl (C=O) groups is 1. The van der Waals surface area contributed by atoms with Crippen LogP contribution in [-0.4, -0.2) is 13.0 Å². The Morgan fingerprint density at radius 2 is 1.70 bits per heavy atom. The molecule has 20 heavy (non-hydrogen) atoms. The molecule has 0 atom stereocenters. The van der Waals surface area contributed by atoms with E-state index in [1.165, 1.54) is 23.1 Å². The van der Waals surface area contributed by atoms with Crippen LogP contribution in [0.3, 0.4) is 0 Å². The summed E-state index contributed by atoms with van der Waals surface area (Å²) >= 11 is 3.29. The van der Waals surface area contributed by atoms with E-state index >= 15 is 0 Å². The van der Waals surface area contributed by atoms with Crippen molar-refractivity contribution >= 4 is 27.5 Å². The van der Waals surface area contributed by atoms with Crippen molar-refractivity contribution in [2.24, 2.45) is 0 Å². The van der Waals surface area contributed by atoms with Gasteiger partial charge in [0.1, 0.15) is 5.82 Å². The number of carbonyl (C=O) groups excluding carboxylic acids is 1. The molecule has 0 unspecified atom stereocenters. The predicted octanol–water partition coefficient (Wildman–Crippen LogP) is 4.48. The molecule has 0 N–H and O–H groups in total. The molecule has 1 amide bonds. The molecule has 0 aliphatic rings. The van der Waals surface area contributed by atoms with Crippen LogP contribution < -0.4 is 4.90 Å². The molecule has 0 aliphatic heterocycles. The molecule has 2 aromatic carbocycles. The highest BCUT2D eigenvalue weighted by atomic mass is 79.9. The minimum atomic E-state index is -0.426. The molecular formula is C16H15BrFNO. The van der Waals surface area contributed by atoms with Crippen molar-refractivity contribution in [1.82, 2.24) is 0 Å². The molecule has 0 spiro atoms. The molecule has 0 heterocycles. The predicted molar refractivity (Wildman–Crippen MR) is 82.7 cm³/mol. The van der Waals surface area contributed by atoms with Crippen LogP contribution in [0.2, 0.25) is 0 Å². The first-order valence-electron chi connectivity index (χ1n) is 6.20. The molecule has 2 rings (SSSR count). The van der Waals surface area contributed by atoms with E-state index in [4.69, 9.17) is 0 Å². The molecule has 0 fully saturated rings. The van der Waals surface area contributed by atoms with Gasteiger partial charge in [-0.3, -0.25) is 4.79 Å². The summed E-state index contributed by atoms with van der Waals surface area (Å²) < 4.78 is 13.9. The van der Waals surface area contributed by atoms with Crippen molar-refractivity contribution in [2.45, 2.75) is 13.8 Å². The van der Waals surface area contributed by atoms with Crippen LogP contribution in [0, 0.1) is 19.7 Å². The Balaban J connectivity index is 2.39. The number of amides is 1. The Hall–Kier alpha value is -1.68. The number of benzene rings is 2. The van der Waals surface area contributed by atoms with Gasteiger partial charge in [0.25, 0.3) is 5.91 Å². The topological polar surface area (TPSA) is 20.3 Å². The second-order valence-electron chi connectivity index (χ2n) is 4.83. The SMILES string of the molecule is Cc1cc(C)cc(N(C)C(=O)c2cc(F)ccc2Br)c1. The van der Waals surface area contributed by atoms with E-state index in [-0.39, 0.29) is 5.91 Å². The van der Waals surface area contributed by atoms with E-state index < -0.39 is 5.82 Å². The summed E-state index contributed by atoms with van der Waals surface area (Å²) in [5.74, 6) is -0.674. The highest BCUT2D eigenvalue weighted by Crippen LogP contribution is 2.23. The van der Waals surface area contributed by atoms with Crippen LogP contribution >= 0.6 is 15.9 Å². The molecule has 0 bridgehead atoms. The van der Waals surface area contributed by atoms with E-state index in [9.17, 15) is 9.18 Å². The van der Waals surface area contributed by atoms with Gasteiger partial charge in [0.2, 0.25) is 0 Å². The molecule has 0 aliphatic carbocycles. The summed E-state index contributed by atoms with van der Waals surface area (Å²) in [4.78, 5) is 14.0. The second-order valence-corrected chi connectivity index (χ2v) is 5.69. The van der Waals surface area contributed by atoms with E-state index in [1.807, 2.05) is 32.0 Å². The first-order chi connectivity index (χ1) is 9.38. The number of nitrogens with zero attached hydrogens (tertiary/aromatic N) is 1. The van der Waals surface area contributed by atoms with Gasteiger partial charge in [-0.15, -0.1) is 0 Å². The first-order valence-corrected chi connectivity index (χ1v) is 6.99. The van der Waals surface area contributed by atoms with Gasteiger partial charge in [-0.25, -0.2) is 4.39 Å². The van der Waals surface area contributed by atoms with Crippen molar-refractivity contribution in [3.05, 3.63) is 63.4 Å². The lowest BCUT2D eigenvalue weighted by Crippen LogP contribution is -2.26. The van der Waals surface area contributed by atoms with Crippen molar-refractivity contribution in [1.29, 1.82) is 0 Å². The highest BCUT2D eigenvalue weighted by molar-refractivity contribution is 9.10. The maximum Gasteiger partial charge on any atom is 0.259 e. The summed E-state index contributed by atoms with van der Waals surface area (Å²) in [7, 11) is 1.69. The van der Waals surface area contributed by atoms with Gasteiger partial charge in [0, 0.05) is 17.2 Å². The van der Waals surface area contributed by atoms with E-state index in [0.717, 1.165) is 16.8 Å². The zero-order valence-corrected chi connectivity index (χ0v) is 13.2. The van der Waals surface area contributed by atoms with Crippen LogP contribution in [0.25, 0.3) is 0 Å². The smallest absolute Gasteiger partial charge is 0.259 e.